The first-order valence-electron chi connectivity index (χ1n) is 8.44. The maximum Gasteiger partial charge on any atom is 0.119 e. The Morgan fingerprint density at radius 3 is 2.43 bits per heavy atom. The van der Waals surface area contributed by atoms with Crippen LogP contribution in [0.25, 0.3) is 0 Å². The lowest BCUT2D eigenvalue weighted by Crippen LogP contribution is -2.39. The van der Waals surface area contributed by atoms with Crippen LogP contribution in [0.2, 0.25) is 0 Å². The average molecular weight is 290 g/mol. The maximum atomic E-state index is 5.48. The second kappa shape index (κ2) is 8.28. The van der Waals surface area contributed by atoms with Crippen LogP contribution in [0, 0.1) is 5.92 Å². The van der Waals surface area contributed by atoms with Gasteiger partial charge in [-0.15, -0.1) is 0 Å². The predicted molar refractivity (Wildman–Crippen MR) is 90.2 cm³/mol. The molecule has 0 spiro atoms. The summed E-state index contributed by atoms with van der Waals surface area (Å²) in [6, 6.07) is 8.86. The van der Waals surface area contributed by atoms with Gasteiger partial charge in [0.1, 0.15) is 5.75 Å². The van der Waals surface area contributed by atoms with Crippen molar-refractivity contribution in [2.24, 2.45) is 5.92 Å². The monoisotopic (exact) mass is 290 g/mol. The number of hydrogen-bond acceptors (Lipinski definition) is 3. The maximum absolute atomic E-state index is 5.48. The third-order valence-electron chi connectivity index (χ3n) is 4.44. The van der Waals surface area contributed by atoms with Crippen molar-refractivity contribution in [3.8, 4) is 5.75 Å². The zero-order valence-corrected chi connectivity index (χ0v) is 13.8. The molecule has 118 valence electrons. The second-order valence-corrected chi connectivity index (χ2v) is 6.07. The van der Waals surface area contributed by atoms with E-state index in [-0.39, 0.29) is 0 Å². The van der Waals surface area contributed by atoms with Crippen molar-refractivity contribution in [1.29, 1.82) is 0 Å². The van der Waals surface area contributed by atoms with E-state index in [9.17, 15) is 0 Å². The topological polar surface area (TPSA) is 24.5 Å². The van der Waals surface area contributed by atoms with Crippen LogP contribution < -0.4 is 10.1 Å². The van der Waals surface area contributed by atoms with E-state index in [0.29, 0.717) is 6.04 Å². The number of likely N-dealkylation sites (tertiary alicyclic amines) is 1. The average Bonchev–Trinajstić information content (AvgIpc) is 2.50. The number of rotatable bonds is 7. The number of hydrogen-bond donors (Lipinski definition) is 1. The summed E-state index contributed by atoms with van der Waals surface area (Å²) in [4.78, 5) is 2.60. The molecule has 1 unspecified atom stereocenters. The molecule has 1 aromatic carbocycles. The fraction of sp³-hybridized carbons (Fsp3) is 0.667. The van der Waals surface area contributed by atoms with Crippen molar-refractivity contribution < 1.29 is 4.74 Å². The van der Waals surface area contributed by atoms with Crippen LogP contribution in [-0.4, -0.2) is 37.2 Å². The smallest absolute Gasteiger partial charge is 0.119 e. The summed E-state index contributed by atoms with van der Waals surface area (Å²) in [5.74, 6) is 1.73. The summed E-state index contributed by atoms with van der Waals surface area (Å²) in [6.45, 7) is 11.1. The van der Waals surface area contributed by atoms with Gasteiger partial charge in [0.15, 0.2) is 0 Å². The zero-order valence-electron chi connectivity index (χ0n) is 13.8. The summed E-state index contributed by atoms with van der Waals surface area (Å²) in [5.41, 5.74) is 1.20. The molecule has 2 rings (SSSR count). The van der Waals surface area contributed by atoms with Gasteiger partial charge in [-0.05, 0) is 82.9 Å². The lowest BCUT2D eigenvalue weighted by molar-refractivity contribution is 0.176. The quantitative estimate of drug-likeness (QED) is 0.821. The molecule has 1 aliphatic heterocycles. The van der Waals surface area contributed by atoms with Crippen LogP contribution in [0.1, 0.15) is 40.0 Å². The number of anilines is 1. The molecular formula is C18H30N2O. The van der Waals surface area contributed by atoms with Crippen molar-refractivity contribution in [3.05, 3.63) is 24.3 Å². The number of nitrogens with zero attached hydrogens (tertiary/aromatic N) is 1. The Bertz CT molecular complexity index is 396. The van der Waals surface area contributed by atoms with Gasteiger partial charge in [-0.2, -0.15) is 0 Å². The van der Waals surface area contributed by atoms with Gasteiger partial charge in [0.2, 0.25) is 0 Å². The SMILES string of the molecule is CCCN1CCC(C(C)Nc2ccc(OCC)cc2)CC1. The first kappa shape index (κ1) is 16.2. The molecular weight excluding hydrogens is 260 g/mol. The Balaban J connectivity index is 1.80. The van der Waals surface area contributed by atoms with E-state index in [0.717, 1.165) is 18.3 Å². The van der Waals surface area contributed by atoms with Crippen molar-refractivity contribution in [1.82, 2.24) is 4.90 Å². The van der Waals surface area contributed by atoms with E-state index in [4.69, 9.17) is 4.74 Å². The zero-order chi connectivity index (χ0) is 15.1. The summed E-state index contributed by atoms with van der Waals surface area (Å²) in [5, 5.41) is 3.65. The Hall–Kier alpha value is -1.22. The molecule has 3 heteroatoms. The van der Waals surface area contributed by atoms with Gasteiger partial charge in [0, 0.05) is 11.7 Å². The van der Waals surface area contributed by atoms with Crippen molar-refractivity contribution >= 4 is 5.69 Å². The van der Waals surface area contributed by atoms with Gasteiger partial charge in [0.25, 0.3) is 0 Å². The lowest BCUT2D eigenvalue weighted by Gasteiger charge is -2.35. The summed E-state index contributed by atoms with van der Waals surface area (Å²) in [7, 11) is 0. The van der Waals surface area contributed by atoms with Crippen LogP contribution in [0.15, 0.2) is 24.3 Å². The first-order valence-corrected chi connectivity index (χ1v) is 8.44. The van der Waals surface area contributed by atoms with Crippen molar-refractivity contribution in [3.63, 3.8) is 0 Å². The minimum Gasteiger partial charge on any atom is -0.494 e. The summed E-state index contributed by atoms with van der Waals surface area (Å²) < 4.78 is 5.48. The molecule has 1 aliphatic rings. The summed E-state index contributed by atoms with van der Waals surface area (Å²) >= 11 is 0. The van der Waals surface area contributed by atoms with Crippen LogP contribution >= 0.6 is 0 Å². The highest BCUT2D eigenvalue weighted by molar-refractivity contribution is 5.47. The van der Waals surface area contributed by atoms with E-state index in [1.165, 1.54) is 44.6 Å². The Kier molecular flexibility index (Phi) is 6.37. The molecule has 0 amide bonds. The summed E-state index contributed by atoms with van der Waals surface area (Å²) in [6.07, 6.45) is 3.89. The number of ether oxygens (including phenoxy) is 1. The third kappa shape index (κ3) is 4.92. The number of benzene rings is 1. The fourth-order valence-electron chi connectivity index (χ4n) is 3.19. The predicted octanol–water partition coefficient (Wildman–Crippen LogP) is 4.01. The Labute approximate surface area is 129 Å². The van der Waals surface area contributed by atoms with Gasteiger partial charge in [-0.25, -0.2) is 0 Å². The Morgan fingerprint density at radius 1 is 1.19 bits per heavy atom. The van der Waals surface area contributed by atoms with E-state index < -0.39 is 0 Å². The van der Waals surface area contributed by atoms with Gasteiger partial charge in [0.05, 0.1) is 6.61 Å². The molecule has 1 atom stereocenters. The first-order chi connectivity index (χ1) is 10.2. The molecule has 0 aliphatic carbocycles. The highest BCUT2D eigenvalue weighted by Crippen LogP contribution is 2.24. The molecule has 1 N–H and O–H groups in total. The lowest BCUT2D eigenvalue weighted by atomic mass is 9.90. The third-order valence-corrected chi connectivity index (χ3v) is 4.44. The molecule has 1 fully saturated rings. The van der Waals surface area contributed by atoms with Crippen LogP contribution in [0.5, 0.6) is 5.75 Å². The van der Waals surface area contributed by atoms with Gasteiger partial charge in [-0.1, -0.05) is 6.92 Å². The molecule has 1 aromatic rings. The minimum atomic E-state index is 0.534. The van der Waals surface area contributed by atoms with Gasteiger partial charge >= 0.3 is 0 Å². The highest BCUT2D eigenvalue weighted by Gasteiger charge is 2.23. The molecule has 1 saturated heterocycles. The molecule has 0 radical (unpaired) electrons. The minimum absolute atomic E-state index is 0.534. The fourth-order valence-corrected chi connectivity index (χ4v) is 3.19. The van der Waals surface area contributed by atoms with E-state index in [1.807, 2.05) is 19.1 Å². The molecule has 0 saturated carbocycles. The van der Waals surface area contributed by atoms with E-state index in [1.54, 1.807) is 0 Å². The number of piperidine rings is 1. The molecule has 1 heterocycles. The van der Waals surface area contributed by atoms with Crippen molar-refractivity contribution in [2.45, 2.75) is 46.1 Å². The molecule has 21 heavy (non-hydrogen) atoms. The van der Waals surface area contributed by atoms with Gasteiger partial charge < -0.3 is 15.0 Å². The van der Waals surface area contributed by atoms with Crippen LogP contribution in [0.3, 0.4) is 0 Å². The van der Waals surface area contributed by atoms with Crippen molar-refractivity contribution in [2.75, 3.05) is 31.6 Å². The van der Waals surface area contributed by atoms with Crippen LogP contribution in [-0.2, 0) is 0 Å². The standard InChI is InChI=1S/C18H30N2O/c1-4-12-20-13-10-16(11-14-20)15(3)19-17-6-8-18(9-7-17)21-5-2/h6-9,15-16,19H,4-5,10-14H2,1-3H3. The van der Waals surface area contributed by atoms with Gasteiger partial charge in [-0.3, -0.25) is 0 Å². The number of nitrogens with one attached hydrogen (secondary N) is 1. The molecule has 0 bridgehead atoms. The van der Waals surface area contributed by atoms with Crippen LogP contribution in [0.4, 0.5) is 5.69 Å². The molecule has 0 aromatic heterocycles. The highest BCUT2D eigenvalue weighted by atomic mass is 16.5. The largest absolute Gasteiger partial charge is 0.494 e. The normalized spacial score (nSPS) is 18.4. The second-order valence-electron chi connectivity index (χ2n) is 6.07. The van der Waals surface area contributed by atoms with E-state index >= 15 is 0 Å². The molecule has 3 nitrogen and oxygen atoms in total. The van der Waals surface area contributed by atoms with E-state index in [2.05, 4.69) is 36.2 Å². The Morgan fingerprint density at radius 2 is 1.86 bits per heavy atom.